The standard InChI is InChI=1S/C12H14N4O3/c1-16-6-14-12(15-16)5-13-4-8-2-10-11(3-9(8)17)19-7-18-10/h2-3,6,13,17H,4-5,7H2,1H3. The highest BCUT2D eigenvalue weighted by molar-refractivity contribution is 5.51. The van der Waals surface area contributed by atoms with E-state index in [4.69, 9.17) is 9.47 Å². The van der Waals surface area contributed by atoms with Gasteiger partial charge >= 0.3 is 0 Å². The summed E-state index contributed by atoms with van der Waals surface area (Å²) in [6.07, 6.45) is 1.65. The minimum Gasteiger partial charge on any atom is -0.507 e. The van der Waals surface area contributed by atoms with Crippen molar-refractivity contribution in [3.63, 3.8) is 0 Å². The van der Waals surface area contributed by atoms with Crippen molar-refractivity contribution in [2.75, 3.05) is 6.79 Å². The summed E-state index contributed by atoms with van der Waals surface area (Å²) in [6.45, 7) is 1.24. The van der Waals surface area contributed by atoms with E-state index in [2.05, 4.69) is 15.4 Å². The predicted molar refractivity (Wildman–Crippen MR) is 65.8 cm³/mol. The van der Waals surface area contributed by atoms with E-state index < -0.39 is 0 Å². The molecule has 0 saturated heterocycles. The van der Waals surface area contributed by atoms with Gasteiger partial charge in [-0.1, -0.05) is 0 Å². The first-order valence-electron chi connectivity index (χ1n) is 5.89. The van der Waals surface area contributed by atoms with E-state index in [1.165, 1.54) is 0 Å². The van der Waals surface area contributed by atoms with E-state index in [0.29, 0.717) is 30.4 Å². The summed E-state index contributed by atoms with van der Waals surface area (Å²) in [7, 11) is 1.82. The fraction of sp³-hybridized carbons (Fsp3) is 0.333. The molecule has 1 aromatic carbocycles. The van der Waals surface area contributed by atoms with Gasteiger partial charge in [0.1, 0.15) is 12.1 Å². The molecule has 0 fully saturated rings. The van der Waals surface area contributed by atoms with E-state index in [9.17, 15) is 5.11 Å². The van der Waals surface area contributed by atoms with E-state index in [1.54, 1.807) is 23.1 Å². The number of benzene rings is 1. The molecule has 1 aliphatic heterocycles. The van der Waals surface area contributed by atoms with Crippen molar-refractivity contribution in [1.82, 2.24) is 20.1 Å². The number of hydrogen-bond donors (Lipinski definition) is 2. The lowest BCUT2D eigenvalue weighted by molar-refractivity contribution is 0.174. The van der Waals surface area contributed by atoms with Crippen LogP contribution in [0.3, 0.4) is 0 Å². The lowest BCUT2D eigenvalue weighted by Crippen LogP contribution is -2.14. The quantitative estimate of drug-likeness (QED) is 0.837. The van der Waals surface area contributed by atoms with Gasteiger partial charge in [-0.3, -0.25) is 4.68 Å². The third kappa shape index (κ3) is 2.45. The Hall–Kier alpha value is -2.28. The van der Waals surface area contributed by atoms with Crippen LogP contribution in [0.5, 0.6) is 17.2 Å². The van der Waals surface area contributed by atoms with Gasteiger partial charge in [0, 0.05) is 25.2 Å². The molecule has 100 valence electrons. The summed E-state index contributed by atoms with van der Waals surface area (Å²) in [5.74, 6) is 2.13. The highest BCUT2D eigenvalue weighted by Gasteiger charge is 2.16. The van der Waals surface area contributed by atoms with E-state index in [-0.39, 0.29) is 12.5 Å². The first-order chi connectivity index (χ1) is 9.22. The summed E-state index contributed by atoms with van der Waals surface area (Å²) in [6, 6.07) is 3.34. The molecule has 19 heavy (non-hydrogen) atoms. The number of nitrogens with zero attached hydrogens (tertiary/aromatic N) is 3. The number of phenols is 1. The second kappa shape index (κ2) is 4.77. The number of ether oxygens (including phenoxy) is 2. The third-order valence-electron chi connectivity index (χ3n) is 2.82. The molecule has 1 aliphatic rings. The summed E-state index contributed by atoms with van der Waals surface area (Å²) in [4.78, 5) is 4.11. The molecule has 0 amide bonds. The monoisotopic (exact) mass is 262 g/mol. The topological polar surface area (TPSA) is 81.4 Å². The van der Waals surface area contributed by atoms with Crippen molar-refractivity contribution in [1.29, 1.82) is 0 Å². The SMILES string of the molecule is Cn1cnc(CNCc2cc3c(cc2O)OCO3)n1. The van der Waals surface area contributed by atoms with Crippen molar-refractivity contribution in [3.8, 4) is 17.2 Å². The first kappa shape index (κ1) is 11.8. The Morgan fingerprint density at radius 1 is 1.32 bits per heavy atom. The van der Waals surface area contributed by atoms with Crippen LogP contribution in [0.1, 0.15) is 11.4 Å². The number of aromatic hydroxyl groups is 1. The fourth-order valence-electron chi connectivity index (χ4n) is 1.89. The number of rotatable bonds is 4. The zero-order valence-corrected chi connectivity index (χ0v) is 10.5. The molecule has 0 spiro atoms. The van der Waals surface area contributed by atoms with Crippen molar-refractivity contribution < 1.29 is 14.6 Å². The van der Waals surface area contributed by atoms with E-state index in [0.717, 1.165) is 5.56 Å². The lowest BCUT2D eigenvalue weighted by atomic mass is 10.1. The minimum atomic E-state index is 0.186. The molecule has 7 nitrogen and oxygen atoms in total. The Balaban J connectivity index is 1.64. The number of phenolic OH excluding ortho intramolecular Hbond substituents is 1. The van der Waals surface area contributed by atoms with Crippen LogP contribution in [0.25, 0.3) is 0 Å². The molecule has 2 heterocycles. The lowest BCUT2D eigenvalue weighted by Gasteiger charge is -2.06. The van der Waals surface area contributed by atoms with Crippen LogP contribution < -0.4 is 14.8 Å². The molecule has 0 bridgehead atoms. The number of aromatic nitrogens is 3. The Kier molecular flexibility index (Phi) is 2.96. The smallest absolute Gasteiger partial charge is 0.231 e. The molecule has 0 aliphatic carbocycles. The van der Waals surface area contributed by atoms with Crippen molar-refractivity contribution in [2.24, 2.45) is 7.05 Å². The van der Waals surface area contributed by atoms with Crippen LogP contribution in [0.4, 0.5) is 0 Å². The van der Waals surface area contributed by atoms with Crippen LogP contribution in [-0.2, 0) is 20.1 Å². The zero-order valence-electron chi connectivity index (χ0n) is 10.5. The minimum absolute atomic E-state index is 0.186. The largest absolute Gasteiger partial charge is 0.507 e. The van der Waals surface area contributed by atoms with Gasteiger partial charge < -0.3 is 19.9 Å². The molecule has 0 unspecified atom stereocenters. The molecule has 2 aromatic rings. The maximum Gasteiger partial charge on any atom is 0.231 e. The predicted octanol–water partition coefficient (Wildman–Crippen LogP) is 0.539. The number of nitrogens with one attached hydrogen (secondary N) is 1. The molecule has 0 saturated carbocycles. The van der Waals surface area contributed by atoms with Gasteiger partial charge in [-0.2, -0.15) is 5.10 Å². The Labute approximate surface area is 109 Å². The van der Waals surface area contributed by atoms with Gasteiger partial charge in [-0.05, 0) is 6.07 Å². The van der Waals surface area contributed by atoms with Crippen molar-refractivity contribution in [2.45, 2.75) is 13.1 Å². The molecule has 3 rings (SSSR count). The Morgan fingerprint density at radius 2 is 2.11 bits per heavy atom. The second-order valence-corrected chi connectivity index (χ2v) is 4.27. The Bertz CT molecular complexity index is 597. The molecular formula is C12H14N4O3. The second-order valence-electron chi connectivity index (χ2n) is 4.27. The van der Waals surface area contributed by atoms with Crippen LogP contribution in [0, 0.1) is 0 Å². The van der Waals surface area contributed by atoms with Gasteiger partial charge in [-0.25, -0.2) is 4.98 Å². The molecule has 0 radical (unpaired) electrons. The van der Waals surface area contributed by atoms with E-state index >= 15 is 0 Å². The summed E-state index contributed by atoms with van der Waals surface area (Å²) in [5, 5.41) is 17.2. The van der Waals surface area contributed by atoms with Gasteiger partial charge in [0.15, 0.2) is 17.3 Å². The van der Waals surface area contributed by atoms with Gasteiger partial charge in [0.05, 0.1) is 6.54 Å². The molecular weight excluding hydrogens is 248 g/mol. The number of hydrogen-bond acceptors (Lipinski definition) is 6. The van der Waals surface area contributed by atoms with Gasteiger partial charge in [-0.15, -0.1) is 0 Å². The van der Waals surface area contributed by atoms with Crippen LogP contribution >= 0.6 is 0 Å². The normalized spacial score (nSPS) is 12.9. The summed E-state index contributed by atoms with van der Waals surface area (Å²) >= 11 is 0. The zero-order chi connectivity index (χ0) is 13.2. The first-order valence-corrected chi connectivity index (χ1v) is 5.89. The van der Waals surface area contributed by atoms with Gasteiger partial charge in [0.2, 0.25) is 6.79 Å². The third-order valence-corrected chi connectivity index (χ3v) is 2.82. The van der Waals surface area contributed by atoms with Crippen LogP contribution in [-0.4, -0.2) is 26.7 Å². The number of fused-ring (bicyclic) bond motifs is 1. The molecule has 7 heteroatoms. The van der Waals surface area contributed by atoms with Crippen LogP contribution in [0.15, 0.2) is 18.5 Å². The summed E-state index contributed by atoms with van der Waals surface area (Å²) < 4.78 is 12.1. The van der Waals surface area contributed by atoms with Crippen molar-refractivity contribution in [3.05, 3.63) is 29.8 Å². The Morgan fingerprint density at radius 3 is 2.84 bits per heavy atom. The van der Waals surface area contributed by atoms with E-state index in [1.807, 2.05) is 7.05 Å². The average Bonchev–Trinajstić information content (AvgIpc) is 2.98. The average molecular weight is 262 g/mol. The van der Waals surface area contributed by atoms with Crippen molar-refractivity contribution >= 4 is 0 Å². The molecule has 1 aromatic heterocycles. The molecule has 2 N–H and O–H groups in total. The maximum atomic E-state index is 9.87. The summed E-state index contributed by atoms with van der Waals surface area (Å²) in [5.41, 5.74) is 0.750. The highest BCUT2D eigenvalue weighted by atomic mass is 16.7. The highest BCUT2D eigenvalue weighted by Crippen LogP contribution is 2.37. The fourth-order valence-corrected chi connectivity index (χ4v) is 1.89. The van der Waals surface area contributed by atoms with Gasteiger partial charge in [0.25, 0.3) is 0 Å². The molecule has 0 atom stereocenters. The van der Waals surface area contributed by atoms with Crippen LogP contribution in [0.2, 0.25) is 0 Å². The number of aryl methyl sites for hydroxylation is 1. The maximum absolute atomic E-state index is 9.87.